The molecule has 0 spiro atoms. The zero-order chi connectivity index (χ0) is 15.8. The summed E-state index contributed by atoms with van der Waals surface area (Å²) in [6, 6.07) is 10.5. The Labute approximate surface area is 133 Å². The number of nitrogens with zero attached hydrogens (tertiary/aromatic N) is 2. The molecule has 22 heavy (non-hydrogen) atoms. The van der Waals surface area contributed by atoms with Crippen molar-refractivity contribution in [1.29, 1.82) is 0 Å². The minimum absolute atomic E-state index is 0.183. The van der Waals surface area contributed by atoms with Gasteiger partial charge in [0.2, 0.25) is 0 Å². The van der Waals surface area contributed by atoms with Gasteiger partial charge in [-0.05, 0) is 12.0 Å². The van der Waals surface area contributed by atoms with Crippen LogP contribution in [-0.2, 0) is 4.74 Å². The zero-order valence-corrected chi connectivity index (χ0v) is 13.4. The maximum atomic E-state index is 11.9. The van der Waals surface area contributed by atoms with Gasteiger partial charge in [-0.3, -0.25) is 4.90 Å². The third-order valence-electron chi connectivity index (χ3n) is 4.14. The summed E-state index contributed by atoms with van der Waals surface area (Å²) in [5.41, 5.74) is 7.20. The maximum absolute atomic E-state index is 11.9. The number of nitrogens with two attached hydrogens (primary N) is 1. The second kappa shape index (κ2) is 8.76. The van der Waals surface area contributed by atoms with Crippen LogP contribution in [0.25, 0.3) is 0 Å². The van der Waals surface area contributed by atoms with Crippen LogP contribution >= 0.6 is 0 Å². The highest BCUT2D eigenvalue weighted by molar-refractivity contribution is 5.67. The van der Waals surface area contributed by atoms with Crippen molar-refractivity contribution >= 4 is 6.09 Å². The van der Waals surface area contributed by atoms with E-state index >= 15 is 0 Å². The van der Waals surface area contributed by atoms with Crippen LogP contribution in [0.5, 0.6) is 0 Å². The van der Waals surface area contributed by atoms with E-state index in [2.05, 4.69) is 24.0 Å². The van der Waals surface area contributed by atoms with Gasteiger partial charge in [-0.15, -0.1) is 0 Å². The number of hydrogen-bond donors (Lipinski definition) is 1. The molecule has 2 N–H and O–H groups in total. The van der Waals surface area contributed by atoms with E-state index in [4.69, 9.17) is 10.5 Å². The van der Waals surface area contributed by atoms with Gasteiger partial charge in [-0.25, -0.2) is 4.79 Å². The molecule has 1 saturated heterocycles. The molecule has 1 unspecified atom stereocenters. The van der Waals surface area contributed by atoms with Crippen LogP contribution in [0, 0.1) is 0 Å². The van der Waals surface area contributed by atoms with Gasteiger partial charge in [-0.1, -0.05) is 43.7 Å². The van der Waals surface area contributed by atoms with Gasteiger partial charge in [0.15, 0.2) is 0 Å². The van der Waals surface area contributed by atoms with E-state index in [0.717, 1.165) is 25.9 Å². The summed E-state index contributed by atoms with van der Waals surface area (Å²) in [7, 11) is 0. The zero-order valence-electron chi connectivity index (χ0n) is 13.4. The summed E-state index contributed by atoms with van der Waals surface area (Å²) in [6.45, 7) is 6.26. The highest BCUT2D eigenvalue weighted by Crippen LogP contribution is 2.21. The molecule has 0 radical (unpaired) electrons. The maximum Gasteiger partial charge on any atom is 0.409 e. The van der Waals surface area contributed by atoms with Crippen LogP contribution in [0.1, 0.15) is 31.4 Å². The first-order valence-corrected chi connectivity index (χ1v) is 8.17. The van der Waals surface area contributed by atoms with E-state index in [-0.39, 0.29) is 12.1 Å². The Morgan fingerprint density at radius 1 is 1.23 bits per heavy atom. The Morgan fingerprint density at radius 2 is 1.91 bits per heavy atom. The molecule has 122 valence electrons. The summed E-state index contributed by atoms with van der Waals surface area (Å²) < 4.78 is 5.27. The van der Waals surface area contributed by atoms with E-state index in [1.54, 1.807) is 4.90 Å². The van der Waals surface area contributed by atoms with Crippen molar-refractivity contribution in [2.45, 2.75) is 25.8 Å². The topological polar surface area (TPSA) is 58.8 Å². The number of carbonyl (C=O) groups excluding carboxylic acids is 1. The molecular formula is C17H27N3O2. The molecule has 2 rings (SSSR count). The normalized spacial score (nSPS) is 17.3. The molecule has 0 bridgehead atoms. The van der Waals surface area contributed by atoms with Gasteiger partial charge >= 0.3 is 6.09 Å². The van der Waals surface area contributed by atoms with Crippen LogP contribution in [0.15, 0.2) is 30.3 Å². The summed E-state index contributed by atoms with van der Waals surface area (Å²) in [6.07, 6.45) is 1.78. The lowest BCUT2D eigenvalue weighted by Gasteiger charge is -2.38. The van der Waals surface area contributed by atoms with Crippen LogP contribution in [0.4, 0.5) is 4.79 Å². The van der Waals surface area contributed by atoms with Crippen LogP contribution in [0.3, 0.4) is 0 Å². The number of carbonyl (C=O) groups is 1. The lowest BCUT2D eigenvalue weighted by atomic mass is 10.0. The summed E-state index contributed by atoms with van der Waals surface area (Å²) in [4.78, 5) is 16.1. The molecule has 5 heteroatoms. The fourth-order valence-corrected chi connectivity index (χ4v) is 2.78. The molecule has 1 fully saturated rings. The molecule has 1 amide bonds. The fourth-order valence-electron chi connectivity index (χ4n) is 2.78. The van der Waals surface area contributed by atoms with Crippen LogP contribution in [0.2, 0.25) is 0 Å². The predicted octanol–water partition coefficient (Wildman–Crippen LogP) is 2.24. The number of rotatable bonds is 6. The number of piperazine rings is 1. The van der Waals surface area contributed by atoms with E-state index < -0.39 is 0 Å². The first-order valence-electron chi connectivity index (χ1n) is 8.17. The molecule has 1 aliphatic rings. The fraction of sp³-hybridized carbons (Fsp3) is 0.588. The minimum Gasteiger partial charge on any atom is -0.449 e. The molecule has 1 aromatic rings. The highest BCUT2D eigenvalue weighted by atomic mass is 16.6. The average molecular weight is 305 g/mol. The molecule has 1 heterocycles. The van der Waals surface area contributed by atoms with Gasteiger partial charge in [0.1, 0.15) is 0 Å². The second-order valence-corrected chi connectivity index (χ2v) is 5.65. The van der Waals surface area contributed by atoms with Gasteiger partial charge in [-0.2, -0.15) is 0 Å². The summed E-state index contributed by atoms with van der Waals surface area (Å²) >= 11 is 0. The molecule has 1 atom stereocenters. The number of benzene rings is 1. The summed E-state index contributed by atoms with van der Waals surface area (Å²) in [5.74, 6) is 0. The molecule has 0 saturated carbocycles. The van der Waals surface area contributed by atoms with Crippen molar-refractivity contribution in [3.8, 4) is 0 Å². The minimum atomic E-state index is -0.183. The molecule has 1 aliphatic heterocycles. The van der Waals surface area contributed by atoms with E-state index in [9.17, 15) is 4.79 Å². The molecular weight excluding hydrogens is 278 g/mol. The van der Waals surface area contributed by atoms with Crippen molar-refractivity contribution in [2.24, 2.45) is 5.73 Å². The van der Waals surface area contributed by atoms with Crippen molar-refractivity contribution < 1.29 is 9.53 Å². The van der Waals surface area contributed by atoms with Gasteiger partial charge in [0.25, 0.3) is 0 Å². The Hall–Kier alpha value is -1.59. The number of ether oxygens (including phenoxy) is 1. The first-order chi connectivity index (χ1) is 10.8. The van der Waals surface area contributed by atoms with Crippen molar-refractivity contribution in [1.82, 2.24) is 9.80 Å². The molecule has 0 aliphatic carbocycles. The van der Waals surface area contributed by atoms with E-state index in [0.29, 0.717) is 26.2 Å². The van der Waals surface area contributed by atoms with Crippen molar-refractivity contribution in [2.75, 3.05) is 39.3 Å². The Morgan fingerprint density at radius 3 is 2.50 bits per heavy atom. The van der Waals surface area contributed by atoms with Crippen molar-refractivity contribution in [3.63, 3.8) is 0 Å². The van der Waals surface area contributed by atoms with Crippen LogP contribution < -0.4 is 5.73 Å². The second-order valence-electron chi connectivity index (χ2n) is 5.65. The summed E-state index contributed by atoms with van der Waals surface area (Å²) in [5, 5.41) is 0. The third-order valence-corrected chi connectivity index (χ3v) is 4.14. The van der Waals surface area contributed by atoms with E-state index in [1.807, 2.05) is 18.2 Å². The number of amides is 1. The third kappa shape index (κ3) is 4.45. The van der Waals surface area contributed by atoms with Gasteiger partial charge in [0.05, 0.1) is 6.61 Å². The standard InChI is InChI=1S/C17H27N3O2/c1-2-3-13-22-17(21)20-11-9-19(10-12-20)16(14-18)15-7-5-4-6-8-15/h4-8,16H,2-3,9-14,18H2,1H3. The Kier molecular flexibility index (Phi) is 6.68. The smallest absolute Gasteiger partial charge is 0.409 e. The lowest BCUT2D eigenvalue weighted by molar-refractivity contribution is 0.0638. The highest BCUT2D eigenvalue weighted by Gasteiger charge is 2.26. The monoisotopic (exact) mass is 305 g/mol. The quantitative estimate of drug-likeness (QED) is 0.819. The Bertz CT molecular complexity index is 444. The molecule has 1 aromatic carbocycles. The Balaban J connectivity index is 1.84. The van der Waals surface area contributed by atoms with Gasteiger partial charge in [0, 0.05) is 38.8 Å². The first kappa shape index (κ1) is 16.8. The van der Waals surface area contributed by atoms with Gasteiger partial charge < -0.3 is 15.4 Å². The van der Waals surface area contributed by atoms with Crippen LogP contribution in [-0.4, -0.2) is 55.2 Å². The molecule has 0 aromatic heterocycles. The van der Waals surface area contributed by atoms with Crippen molar-refractivity contribution in [3.05, 3.63) is 35.9 Å². The predicted molar refractivity (Wildman–Crippen MR) is 87.6 cm³/mol. The lowest BCUT2D eigenvalue weighted by Crippen LogP contribution is -2.51. The molecule has 5 nitrogen and oxygen atoms in total. The number of unbranched alkanes of at least 4 members (excludes halogenated alkanes) is 1. The van der Waals surface area contributed by atoms with E-state index in [1.165, 1.54) is 5.56 Å². The number of hydrogen-bond acceptors (Lipinski definition) is 4. The average Bonchev–Trinajstić information content (AvgIpc) is 2.57. The SMILES string of the molecule is CCCCOC(=O)N1CCN(C(CN)c2ccccc2)CC1. The largest absolute Gasteiger partial charge is 0.449 e.